The number of hydrogen-bond donors (Lipinski definition) is 2. The van der Waals surface area contributed by atoms with E-state index in [1.54, 1.807) is 0 Å². The summed E-state index contributed by atoms with van der Waals surface area (Å²) in [5.74, 6) is 1.86. The van der Waals surface area contributed by atoms with Crippen LogP contribution in [0.3, 0.4) is 0 Å². The first-order valence-corrected chi connectivity index (χ1v) is 6.43. The third kappa shape index (κ3) is 6.19. The Labute approximate surface area is 110 Å². The van der Waals surface area contributed by atoms with Gasteiger partial charge in [0.1, 0.15) is 11.5 Å². The molecule has 0 aromatic carbocycles. The van der Waals surface area contributed by atoms with Gasteiger partial charge < -0.3 is 14.8 Å². The summed E-state index contributed by atoms with van der Waals surface area (Å²) in [4.78, 5) is 2.06. The molecular formula is C14H26N2O2. The molecule has 1 aromatic heterocycles. The van der Waals surface area contributed by atoms with Crippen molar-refractivity contribution < 1.29 is 9.52 Å². The number of furan rings is 1. The van der Waals surface area contributed by atoms with Gasteiger partial charge in [-0.05, 0) is 46.9 Å². The van der Waals surface area contributed by atoms with E-state index >= 15 is 0 Å². The second-order valence-corrected chi connectivity index (χ2v) is 5.99. The minimum absolute atomic E-state index is 0.0394. The van der Waals surface area contributed by atoms with Crippen molar-refractivity contribution in [3.8, 4) is 0 Å². The van der Waals surface area contributed by atoms with Gasteiger partial charge in [0.25, 0.3) is 0 Å². The number of nitrogens with one attached hydrogen (secondary N) is 1. The Kier molecular flexibility index (Phi) is 5.38. The first kappa shape index (κ1) is 15.2. The van der Waals surface area contributed by atoms with Crippen LogP contribution in [0, 0.1) is 6.92 Å². The Balaban J connectivity index is 2.29. The molecule has 18 heavy (non-hydrogen) atoms. The molecule has 0 aliphatic heterocycles. The molecule has 1 rings (SSSR count). The standard InChI is InChI=1S/C14H26N2O2/c1-11-6-7-13(18-11)10-16(5)9-12(17)8-15-14(2,3)4/h6-7,12,15,17H,8-10H2,1-5H3. The molecule has 0 bridgehead atoms. The van der Waals surface area contributed by atoms with Gasteiger partial charge in [-0.25, -0.2) is 0 Å². The van der Waals surface area contributed by atoms with Gasteiger partial charge >= 0.3 is 0 Å². The van der Waals surface area contributed by atoms with Gasteiger partial charge in [-0.15, -0.1) is 0 Å². The van der Waals surface area contributed by atoms with Crippen LogP contribution in [0.15, 0.2) is 16.5 Å². The lowest BCUT2D eigenvalue weighted by Crippen LogP contribution is -2.44. The zero-order valence-electron chi connectivity index (χ0n) is 12.2. The summed E-state index contributed by atoms with van der Waals surface area (Å²) in [6, 6.07) is 3.94. The number of β-amino-alcohol motifs (C(OH)–C–C–N with tert-alkyl or cyclic N) is 1. The lowest BCUT2D eigenvalue weighted by Gasteiger charge is -2.25. The monoisotopic (exact) mass is 254 g/mol. The molecule has 0 spiro atoms. The summed E-state index contributed by atoms with van der Waals surface area (Å²) in [7, 11) is 1.98. The van der Waals surface area contributed by atoms with Gasteiger partial charge in [-0.1, -0.05) is 0 Å². The second kappa shape index (κ2) is 6.36. The SMILES string of the molecule is Cc1ccc(CN(C)CC(O)CNC(C)(C)C)o1. The van der Waals surface area contributed by atoms with E-state index in [9.17, 15) is 5.11 Å². The van der Waals surface area contributed by atoms with Crippen LogP contribution in [0.25, 0.3) is 0 Å². The number of hydrogen-bond acceptors (Lipinski definition) is 4. The Bertz CT molecular complexity index is 355. The van der Waals surface area contributed by atoms with Gasteiger partial charge in [0.15, 0.2) is 0 Å². The van der Waals surface area contributed by atoms with Crippen molar-refractivity contribution in [2.75, 3.05) is 20.1 Å². The van der Waals surface area contributed by atoms with Crippen molar-refractivity contribution in [1.29, 1.82) is 0 Å². The largest absolute Gasteiger partial charge is 0.465 e. The fourth-order valence-electron chi connectivity index (χ4n) is 1.75. The van der Waals surface area contributed by atoms with E-state index in [0.717, 1.165) is 18.1 Å². The topological polar surface area (TPSA) is 48.6 Å². The van der Waals surface area contributed by atoms with Crippen molar-refractivity contribution in [2.45, 2.75) is 45.9 Å². The van der Waals surface area contributed by atoms with E-state index in [-0.39, 0.29) is 11.6 Å². The van der Waals surface area contributed by atoms with Crippen molar-refractivity contribution in [2.24, 2.45) is 0 Å². The molecule has 1 atom stereocenters. The summed E-state index contributed by atoms with van der Waals surface area (Å²) in [6.07, 6.45) is -0.370. The maximum Gasteiger partial charge on any atom is 0.118 e. The van der Waals surface area contributed by atoms with Crippen LogP contribution in [0.5, 0.6) is 0 Å². The van der Waals surface area contributed by atoms with Gasteiger partial charge in [0, 0.05) is 18.6 Å². The van der Waals surface area contributed by atoms with Crippen LogP contribution in [-0.4, -0.2) is 41.8 Å². The summed E-state index contributed by atoms with van der Waals surface area (Å²) in [5.41, 5.74) is 0.0394. The third-order valence-electron chi connectivity index (χ3n) is 2.61. The molecule has 4 heteroatoms. The quantitative estimate of drug-likeness (QED) is 0.812. The van der Waals surface area contributed by atoms with Gasteiger partial charge in [-0.2, -0.15) is 0 Å². The van der Waals surface area contributed by atoms with Gasteiger partial charge in [-0.3, -0.25) is 4.90 Å². The molecule has 0 radical (unpaired) electrons. The van der Waals surface area contributed by atoms with Crippen LogP contribution in [0.1, 0.15) is 32.3 Å². The van der Waals surface area contributed by atoms with Crippen molar-refractivity contribution in [3.63, 3.8) is 0 Å². The van der Waals surface area contributed by atoms with Crippen LogP contribution < -0.4 is 5.32 Å². The molecule has 4 nitrogen and oxygen atoms in total. The molecule has 1 heterocycles. The lowest BCUT2D eigenvalue weighted by atomic mass is 10.1. The first-order chi connectivity index (χ1) is 8.26. The normalized spacial score (nSPS) is 14.2. The maximum absolute atomic E-state index is 9.93. The highest BCUT2D eigenvalue weighted by Gasteiger charge is 2.14. The summed E-state index contributed by atoms with van der Waals surface area (Å²) < 4.78 is 5.51. The average Bonchev–Trinajstić information content (AvgIpc) is 2.59. The molecule has 2 N–H and O–H groups in total. The van der Waals surface area contributed by atoms with Gasteiger partial charge in [0.2, 0.25) is 0 Å². The number of likely N-dealkylation sites (N-methyl/N-ethyl adjacent to an activating group) is 1. The zero-order valence-corrected chi connectivity index (χ0v) is 12.2. The number of aryl methyl sites for hydroxylation is 1. The molecule has 0 fully saturated rings. The molecule has 1 unspecified atom stereocenters. The van der Waals surface area contributed by atoms with Crippen molar-refractivity contribution in [1.82, 2.24) is 10.2 Å². The highest BCUT2D eigenvalue weighted by atomic mass is 16.3. The van der Waals surface area contributed by atoms with E-state index in [1.807, 2.05) is 26.1 Å². The van der Waals surface area contributed by atoms with Crippen molar-refractivity contribution >= 4 is 0 Å². The number of aliphatic hydroxyl groups excluding tert-OH is 1. The minimum Gasteiger partial charge on any atom is -0.465 e. The summed E-state index contributed by atoms with van der Waals surface area (Å²) in [6.45, 7) is 10.2. The molecule has 0 aliphatic rings. The van der Waals surface area contributed by atoms with E-state index in [1.165, 1.54) is 0 Å². The highest BCUT2D eigenvalue weighted by molar-refractivity contribution is 5.05. The number of rotatable bonds is 6. The van der Waals surface area contributed by atoms with Crippen LogP contribution in [-0.2, 0) is 6.54 Å². The van der Waals surface area contributed by atoms with Crippen LogP contribution in [0.2, 0.25) is 0 Å². The van der Waals surface area contributed by atoms with E-state index in [4.69, 9.17) is 4.42 Å². The molecule has 0 saturated heterocycles. The fraction of sp³-hybridized carbons (Fsp3) is 0.714. The maximum atomic E-state index is 9.93. The van der Waals surface area contributed by atoms with E-state index in [0.29, 0.717) is 13.1 Å². The van der Waals surface area contributed by atoms with Gasteiger partial charge in [0.05, 0.1) is 12.6 Å². The first-order valence-electron chi connectivity index (χ1n) is 6.43. The Morgan fingerprint density at radius 3 is 2.56 bits per heavy atom. The average molecular weight is 254 g/mol. The smallest absolute Gasteiger partial charge is 0.118 e. The molecular weight excluding hydrogens is 228 g/mol. The Morgan fingerprint density at radius 1 is 1.39 bits per heavy atom. The molecule has 1 aromatic rings. The number of aliphatic hydroxyl groups is 1. The lowest BCUT2D eigenvalue weighted by molar-refractivity contribution is 0.111. The Hall–Kier alpha value is -0.840. The minimum atomic E-state index is -0.370. The molecule has 104 valence electrons. The van der Waals surface area contributed by atoms with E-state index < -0.39 is 0 Å². The second-order valence-electron chi connectivity index (χ2n) is 5.99. The molecule has 0 saturated carbocycles. The summed E-state index contributed by atoms with van der Waals surface area (Å²) >= 11 is 0. The predicted octanol–water partition coefficient (Wildman–Crippen LogP) is 1.77. The third-order valence-corrected chi connectivity index (χ3v) is 2.61. The predicted molar refractivity (Wildman–Crippen MR) is 73.5 cm³/mol. The molecule has 0 aliphatic carbocycles. The molecule has 0 amide bonds. The van der Waals surface area contributed by atoms with Crippen LogP contribution in [0.4, 0.5) is 0 Å². The fourth-order valence-corrected chi connectivity index (χ4v) is 1.75. The van der Waals surface area contributed by atoms with E-state index in [2.05, 4.69) is 31.0 Å². The van der Waals surface area contributed by atoms with Crippen LogP contribution >= 0.6 is 0 Å². The zero-order chi connectivity index (χ0) is 13.8. The van der Waals surface area contributed by atoms with Crippen molar-refractivity contribution in [3.05, 3.63) is 23.7 Å². The Morgan fingerprint density at radius 2 is 2.06 bits per heavy atom. The number of nitrogens with zero attached hydrogens (tertiary/aromatic N) is 1. The highest BCUT2D eigenvalue weighted by Crippen LogP contribution is 2.08. The summed E-state index contributed by atoms with van der Waals surface area (Å²) in [5, 5.41) is 13.2.